The smallest absolute Gasteiger partial charge is 0.224 e. The molecule has 0 unspecified atom stereocenters. The summed E-state index contributed by atoms with van der Waals surface area (Å²) in [5.74, 6) is 0.0634. The van der Waals surface area contributed by atoms with Gasteiger partial charge in [0.15, 0.2) is 0 Å². The van der Waals surface area contributed by atoms with Crippen LogP contribution in [0.4, 0.5) is 0 Å². The zero-order chi connectivity index (χ0) is 11.4. The van der Waals surface area contributed by atoms with Crippen LogP contribution >= 0.6 is 0 Å². The van der Waals surface area contributed by atoms with Gasteiger partial charge in [0.1, 0.15) is 0 Å². The van der Waals surface area contributed by atoms with Crippen LogP contribution in [-0.2, 0) is 4.79 Å². The standard InChI is InChI=1S/C13H21NO2/c15-12(9-11-5-2-1-3-6-11)14-10-13(16)7-4-8-13/h5,16H,1-4,6-10H2,(H,14,15). The minimum absolute atomic E-state index is 0.0634. The predicted octanol–water partition coefficient (Wildman–Crippen LogP) is 1.91. The van der Waals surface area contributed by atoms with E-state index in [2.05, 4.69) is 11.4 Å². The molecular weight excluding hydrogens is 202 g/mol. The Morgan fingerprint density at radius 3 is 2.75 bits per heavy atom. The molecule has 0 aliphatic heterocycles. The molecule has 3 nitrogen and oxygen atoms in total. The molecule has 0 aromatic heterocycles. The maximum Gasteiger partial charge on any atom is 0.224 e. The largest absolute Gasteiger partial charge is 0.388 e. The van der Waals surface area contributed by atoms with Gasteiger partial charge in [0.25, 0.3) is 0 Å². The molecule has 90 valence electrons. The number of carbonyl (C=O) groups is 1. The van der Waals surface area contributed by atoms with Gasteiger partial charge in [0.05, 0.1) is 5.60 Å². The molecule has 0 aromatic carbocycles. The van der Waals surface area contributed by atoms with Crippen molar-refractivity contribution in [1.29, 1.82) is 0 Å². The van der Waals surface area contributed by atoms with E-state index >= 15 is 0 Å². The Labute approximate surface area is 96.9 Å². The monoisotopic (exact) mass is 223 g/mol. The van der Waals surface area contributed by atoms with Gasteiger partial charge in [-0.3, -0.25) is 4.79 Å². The van der Waals surface area contributed by atoms with Crippen LogP contribution in [0.25, 0.3) is 0 Å². The summed E-state index contributed by atoms with van der Waals surface area (Å²) in [6.07, 6.45) is 10.1. The van der Waals surface area contributed by atoms with Crippen LogP contribution < -0.4 is 5.32 Å². The maximum atomic E-state index is 11.6. The fraction of sp³-hybridized carbons (Fsp3) is 0.769. The van der Waals surface area contributed by atoms with E-state index in [9.17, 15) is 9.90 Å². The number of hydrogen-bond donors (Lipinski definition) is 2. The molecule has 0 bridgehead atoms. The van der Waals surface area contributed by atoms with Crippen molar-refractivity contribution in [3.63, 3.8) is 0 Å². The van der Waals surface area contributed by atoms with Gasteiger partial charge in [-0.05, 0) is 44.9 Å². The van der Waals surface area contributed by atoms with E-state index in [1.165, 1.54) is 18.4 Å². The summed E-state index contributed by atoms with van der Waals surface area (Å²) in [4.78, 5) is 11.6. The van der Waals surface area contributed by atoms with Gasteiger partial charge in [0.2, 0.25) is 5.91 Å². The second-order valence-electron chi connectivity index (χ2n) is 5.14. The zero-order valence-corrected chi connectivity index (χ0v) is 9.80. The molecule has 2 N–H and O–H groups in total. The number of carbonyl (C=O) groups excluding carboxylic acids is 1. The molecule has 0 heterocycles. The summed E-state index contributed by atoms with van der Waals surface area (Å²) in [5.41, 5.74) is 0.667. The third-order valence-corrected chi connectivity index (χ3v) is 3.67. The molecular formula is C13H21NO2. The van der Waals surface area contributed by atoms with Crippen molar-refractivity contribution in [2.24, 2.45) is 0 Å². The first-order valence-corrected chi connectivity index (χ1v) is 6.35. The fourth-order valence-corrected chi connectivity index (χ4v) is 2.36. The number of aliphatic hydroxyl groups is 1. The van der Waals surface area contributed by atoms with Crippen molar-refractivity contribution in [2.75, 3.05) is 6.54 Å². The number of rotatable bonds is 4. The lowest BCUT2D eigenvalue weighted by atomic mass is 9.80. The minimum Gasteiger partial charge on any atom is -0.388 e. The fourth-order valence-electron chi connectivity index (χ4n) is 2.36. The molecule has 1 amide bonds. The highest BCUT2D eigenvalue weighted by Crippen LogP contribution is 2.30. The number of nitrogens with one attached hydrogen (secondary N) is 1. The zero-order valence-electron chi connectivity index (χ0n) is 9.80. The van der Waals surface area contributed by atoms with Crippen molar-refractivity contribution >= 4 is 5.91 Å². The number of hydrogen-bond acceptors (Lipinski definition) is 2. The van der Waals surface area contributed by atoms with E-state index in [1.54, 1.807) is 0 Å². The quantitative estimate of drug-likeness (QED) is 0.715. The van der Waals surface area contributed by atoms with Crippen LogP contribution in [0.2, 0.25) is 0 Å². The highest BCUT2D eigenvalue weighted by atomic mass is 16.3. The summed E-state index contributed by atoms with van der Waals surface area (Å²) >= 11 is 0. The van der Waals surface area contributed by atoms with Crippen LogP contribution in [-0.4, -0.2) is 23.2 Å². The van der Waals surface area contributed by atoms with Crippen molar-refractivity contribution < 1.29 is 9.90 Å². The van der Waals surface area contributed by atoms with Crippen LogP contribution in [0, 0.1) is 0 Å². The van der Waals surface area contributed by atoms with Crippen LogP contribution in [0.3, 0.4) is 0 Å². The first-order valence-electron chi connectivity index (χ1n) is 6.35. The summed E-state index contributed by atoms with van der Waals surface area (Å²) in [5, 5.41) is 12.7. The van der Waals surface area contributed by atoms with E-state index < -0.39 is 5.60 Å². The van der Waals surface area contributed by atoms with E-state index in [0.717, 1.165) is 32.1 Å². The predicted molar refractivity (Wildman–Crippen MR) is 63.0 cm³/mol. The molecule has 0 saturated heterocycles. The first kappa shape index (κ1) is 11.6. The van der Waals surface area contributed by atoms with E-state index in [4.69, 9.17) is 0 Å². The molecule has 3 heteroatoms. The second-order valence-corrected chi connectivity index (χ2v) is 5.14. The van der Waals surface area contributed by atoms with Gasteiger partial charge in [-0.25, -0.2) is 0 Å². The lowest BCUT2D eigenvalue weighted by Crippen LogP contribution is -2.47. The lowest BCUT2D eigenvalue weighted by molar-refractivity contribution is -0.122. The number of amides is 1. The Balaban J connectivity index is 1.69. The van der Waals surface area contributed by atoms with Crippen LogP contribution in [0.5, 0.6) is 0 Å². The van der Waals surface area contributed by atoms with E-state index in [-0.39, 0.29) is 5.91 Å². The average molecular weight is 223 g/mol. The van der Waals surface area contributed by atoms with Gasteiger partial charge in [-0.1, -0.05) is 11.6 Å². The Bertz CT molecular complexity index is 292. The highest BCUT2D eigenvalue weighted by Gasteiger charge is 2.34. The van der Waals surface area contributed by atoms with Gasteiger partial charge in [-0.2, -0.15) is 0 Å². The van der Waals surface area contributed by atoms with Crippen LogP contribution in [0.1, 0.15) is 51.4 Å². The summed E-state index contributed by atoms with van der Waals surface area (Å²) in [6.45, 7) is 0.430. The van der Waals surface area contributed by atoms with Crippen molar-refractivity contribution in [2.45, 2.75) is 57.0 Å². The second kappa shape index (κ2) is 5.00. The third kappa shape index (κ3) is 3.08. The molecule has 0 aromatic rings. The SMILES string of the molecule is O=C(CC1=CCCCC1)NCC1(O)CCC1. The van der Waals surface area contributed by atoms with Gasteiger partial charge in [-0.15, -0.1) is 0 Å². The molecule has 1 fully saturated rings. The van der Waals surface area contributed by atoms with Crippen LogP contribution in [0.15, 0.2) is 11.6 Å². The van der Waals surface area contributed by atoms with Crippen molar-refractivity contribution in [3.8, 4) is 0 Å². The Morgan fingerprint density at radius 2 is 2.19 bits per heavy atom. The van der Waals surface area contributed by atoms with E-state index in [0.29, 0.717) is 13.0 Å². The Morgan fingerprint density at radius 1 is 1.38 bits per heavy atom. The summed E-state index contributed by atoms with van der Waals surface area (Å²) in [6, 6.07) is 0. The molecule has 16 heavy (non-hydrogen) atoms. The average Bonchev–Trinajstić information content (AvgIpc) is 2.25. The summed E-state index contributed by atoms with van der Waals surface area (Å²) < 4.78 is 0. The van der Waals surface area contributed by atoms with Gasteiger partial charge < -0.3 is 10.4 Å². The normalized spacial score (nSPS) is 23.2. The Kier molecular flexibility index (Phi) is 3.64. The Hall–Kier alpha value is -0.830. The molecule has 2 aliphatic rings. The molecule has 2 aliphatic carbocycles. The highest BCUT2D eigenvalue weighted by molar-refractivity contribution is 5.78. The molecule has 0 atom stereocenters. The maximum absolute atomic E-state index is 11.6. The topological polar surface area (TPSA) is 49.3 Å². The van der Waals surface area contributed by atoms with Gasteiger partial charge >= 0.3 is 0 Å². The van der Waals surface area contributed by atoms with E-state index in [1.807, 2.05) is 0 Å². The third-order valence-electron chi connectivity index (χ3n) is 3.67. The van der Waals surface area contributed by atoms with Crippen molar-refractivity contribution in [3.05, 3.63) is 11.6 Å². The molecule has 1 saturated carbocycles. The minimum atomic E-state index is -0.601. The van der Waals surface area contributed by atoms with Gasteiger partial charge in [0, 0.05) is 13.0 Å². The first-order chi connectivity index (χ1) is 7.68. The molecule has 0 radical (unpaired) electrons. The van der Waals surface area contributed by atoms with Crippen molar-refractivity contribution in [1.82, 2.24) is 5.32 Å². The lowest BCUT2D eigenvalue weighted by Gasteiger charge is -2.36. The number of allylic oxidation sites excluding steroid dienone is 1. The molecule has 0 spiro atoms. The molecule has 2 rings (SSSR count). The summed E-state index contributed by atoms with van der Waals surface area (Å²) in [7, 11) is 0.